The van der Waals surface area contributed by atoms with Gasteiger partial charge in [-0.1, -0.05) is 36.4 Å². The molecule has 0 radical (unpaired) electrons. The number of likely N-dealkylation sites (tertiary alicyclic amines) is 1. The second-order valence-corrected chi connectivity index (χ2v) is 9.71. The van der Waals surface area contributed by atoms with Crippen molar-refractivity contribution in [3.05, 3.63) is 96.7 Å². The molecule has 0 bridgehead atoms. The van der Waals surface area contributed by atoms with Crippen LogP contribution in [-0.4, -0.2) is 57.1 Å². The monoisotopic (exact) mass is 551 g/mol. The molecule has 1 atom stereocenters. The zero-order valence-corrected chi connectivity index (χ0v) is 22.4. The summed E-state index contributed by atoms with van der Waals surface area (Å²) in [4.78, 5) is 17.6. The van der Waals surface area contributed by atoms with E-state index in [-0.39, 0.29) is 6.04 Å². The van der Waals surface area contributed by atoms with Crippen molar-refractivity contribution < 1.29 is 24.1 Å². The number of para-hydroxylation sites is 1. The van der Waals surface area contributed by atoms with Gasteiger partial charge in [0.2, 0.25) is 0 Å². The molecule has 1 aliphatic rings. The number of hydrogen-bond donors (Lipinski definition) is 2. The minimum atomic E-state index is -0.924. The molecule has 208 valence electrons. The Hall–Kier alpha value is -5.25. The minimum Gasteiger partial charge on any atom is -0.497 e. The van der Waals surface area contributed by atoms with Crippen LogP contribution in [0.3, 0.4) is 0 Å². The van der Waals surface area contributed by atoms with Gasteiger partial charge in [0.15, 0.2) is 11.5 Å². The second kappa shape index (κ2) is 11.5. The van der Waals surface area contributed by atoms with E-state index in [2.05, 4.69) is 10.3 Å². The first-order valence-corrected chi connectivity index (χ1v) is 13.3. The van der Waals surface area contributed by atoms with E-state index in [1.54, 1.807) is 19.4 Å². The molecule has 3 heterocycles. The molecule has 1 fully saturated rings. The molecule has 10 nitrogen and oxygen atoms in total. The molecule has 3 aromatic carbocycles. The molecule has 41 heavy (non-hydrogen) atoms. The van der Waals surface area contributed by atoms with E-state index in [4.69, 9.17) is 19.3 Å². The van der Waals surface area contributed by atoms with Crippen LogP contribution in [-0.2, 0) is 6.54 Å². The van der Waals surface area contributed by atoms with Crippen LogP contribution in [0.2, 0.25) is 0 Å². The highest BCUT2D eigenvalue weighted by atomic mass is 16.5. The summed E-state index contributed by atoms with van der Waals surface area (Å²) in [5, 5.41) is 18.5. The predicted molar refractivity (Wildman–Crippen MR) is 154 cm³/mol. The number of hydrogen-bond acceptors (Lipinski definition) is 7. The fourth-order valence-corrected chi connectivity index (χ4v) is 4.87. The first-order chi connectivity index (χ1) is 20.1. The van der Waals surface area contributed by atoms with E-state index in [0.717, 1.165) is 17.1 Å². The lowest BCUT2D eigenvalue weighted by atomic mass is 10.2. The van der Waals surface area contributed by atoms with Crippen LogP contribution in [0.15, 0.2) is 91.1 Å². The van der Waals surface area contributed by atoms with Crippen LogP contribution in [0.4, 0.5) is 10.6 Å². The molecule has 6 rings (SSSR count). The third-order valence-electron chi connectivity index (χ3n) is 6.90. The lowest BCUT2D eigenvalue weighted by molar-refractivity contribution is 0.155. The first kappa shape index (κ1) is 26.0. The number of methoxy groups -OCH3 is 1. The molecule has 0 spiro atoms. The van der Waals surface area contributed by atoms with Crippen molar-refractivity contribution in [1.82, 2.24) is 19.7 Å². The third kappa shape index (κ3) is 5.86. The molecule has 5 aromatic rings. The number of rotatable bonds is 9. The van der Waals surface area contributed by atoms with Crippen LogP contribution >= 0.6 is 0 Å². The lowest BCUT2D eigenvalue weighted by Gasteiger charge is -2.14. The van der Waals surface area contributed by atoms with E-state index < -0.39 is 6.09 Å². The van der Waals surface area contributed by atoms with Crippen molar-refractivity contribution in [2.24, 2.45) is 0 Å². The number of aromatic nitrogens is 3. The lowest BCUT2D eigenvalue weighted by Crippen LogP contribution is -2.30. The van der Waals surface area contributed by atoms with Gasteiger partial charge in [0.25, 0.3) is 0 Å². The Balaban J connectivity index is 1.33. The summed E-state index contributed by atoms with van der Waals surface area (Å²) in [5.41, 5.74) is 1.67. The van der Waals surface area contributed by atoms with E-state index in [9.17, 15) is 9.90 Å². The van der Waals surface area contributed by atoms with Crippen LogP contribution in [0.5, 0.6) is 28.7 Å². The summed E-state index contributed by atoms with van der Waals surface area (Å²) < 4.78 is 19.5. The van der Waals surface area contributed by atoms with Gasteiger partial charge in [-0.3, -0.25) is 0 Å². The third-order valence-corrected chi connectivity index (χ3v) is 6.90. The molecule has 2 N–H and O–H groups in total. The van der Waals surface area contributed by atoms with Crippen molar-refractivity contribution >= 4 is 22.9 Å². The van der Waals surface area contributed by atoms with Gasteiger partial charge in [0, 0.05) is 37.5 Å². The topological polar surface area (TPSA) is 111 Å². The number of nitrogens with zero attached hydrogens (tertiary/aromatic N) is 4. The van der Waals surface area contributed by atoms with Crippen LogP contribution in [0, 0.1) is 0 Å². The number of amides is 1. The largest absolute Gasteiger partial charge is 0.497 e. The van der Waals surface area contributed by atoms with Gasteiger partial charge in [0.1, 0.15) is 34.1 Å². The number of anilines is 1. The van der Waals surface area contributed by atoms with Crippen LogP contribution in [0.1, 0.15) is 12.0 Å². The molecular formula is C31H29N5O5. The van der Waals surface area contributed by atoms with Crippen molar-refractivity contribution in [1.29, 1.82) is 0 Å². The zero-order valence-electron chi connectivity index (χ0n) is 22.4. The Kier molecular flexibility index (Phi) is 7.27. The van der Waals surface area contributed by atoms with Crippen molar-refractivity contribution in [2.45, 2.75) is 19.0 Å². The smallest absolute Gasteiger partial charge is 0.407 e. The van der Waals surface area contributed by atoms with Gasteiger partial charge in [-0.25, -0.2) is 14.5 Å². The van der Waals surface area contributed by atoms with Crippen LogP contribution < -0.4 is 19.5 Å². The quantitative estimate of drug-likeness (QED) is 0.222. The zero-order chi connectivity index (χ0) is 28.2. The highest BCUT2D eigenvalue weighted by Crippen LogP contribution is 2.36. The molecule has 1 saturated heterocycles. The maximum Gasteiger partial charge on any atom is 0.407 e. The SMILES string of the molecule is COc1ccc(Cn2nc(NC3CCN(C(=O)O)C3)c3c(Oc4cccc(Oc5ccccc5)c4)ccnc32)cc1. The Morgan fingerprint density at radius 1 is 0.951 bits per heavy atom. The molecule has 0 saturated carbocycles. The summed E-state index contributed by atoms with van der Waals surface area (Å²) in [6.07, 6.45) is 1.45. The summed E-state index contributed by atoms with van der Waals surface area (Å²) >= 11 is 0. The molecule has 2 aromatic heterocycles. The maximum atomic E-state index is 11.5. The van der Waals surface area contributed by atoms with Crippen molar-refractivity contribution in [3.8, 4) is 28.7 Å². The number of ether oxygens (including phenoxy) is 3. The molecule has 10 heteroatoms. The van der Waals surface area contributed by atoms with Crippen molar-refractivity contribution in [3.63, 3.8) is 0 Å². The van der Waals surface area contributed by atoms with Gasteiger partial charge in [0.05, 0.1) is 13.7 Å². The van der Waals surface area contributed by atoms with Gasteiger partial charge in [-0.05, 0) is 48.4 Å². The van der Waals surface area contributed by atoms with E-state index in [1.165, 1.54) is 4.90 Å². The number of benzene rings is 3. The summed E-state index contributed by atoms with van der Waals surface area (Å²) in [7, 11) is 1.64. The second-order valence-electron chi connectivity index (χ2n) is 9.71. The summed E-state index contributed by atoms with van der Waals surface area (Å²) in [6, 6.07) is 26.5. The maximum absolute atomic E-state index is 11.5. The van der Waals surface area contributed by atoms with E-state index >= 15 is 0 Å². The number of carboxylic acid groups (broad SMARTS) is 1. The van der Waals surface area contributed by atoms with E-state index in [0.29, 0.717) is 60.2 Å². The highest BCUT2D eigenvalue weighted by molar-refractivity contribution is 5.93. The average molecular weight is 552 g/mol. The number of nitrogens with one attached hydrogen (secondary N) is 1. The molecule has 0 aliphatic carbocycles. The molecule has 1 unspecified atom stereocenters. The minimum absolute atomic E-state index is 0.0886. The average Bonchev–Trinajstić information content (AvgIpc) is 3.60. The molecular weight excluding hydrogens is 522 g/mol. The van der Waals surface area contributed by atoms with E-state index in [1.807, 2.05) is 83.5 Å². The van der Waals surface area contributed by atoms with Crippen LogP contribution in [0.25, 0.3) is 11.0 Å². The number of carbonyl (C=O) groups is 1. The Bertz CT molecular complexity index is 1660. The first-order valence-electron chi connectivity index (χ1n) is 13.3. The number of fused-ring (bicyclic) bond motifs is 1. The van der Waals surface area contributed by atoms with Gasteiger partial charge < -0.3 is 29.5 Å². The summed E-state index contributed by atoms with van der Waals surface area (Å²) in [6.45, 7) is 1.32. The summed E-state index contributed by atoms with van der Waals surface area (Å²) in [5.74, 6) is 3.91. The normalized spacial score (nSPS) is 14.7. The standard InChI is InChI=1S/C31H29N5O5/c1-39-23-12-10-21(11-13-23)19-36-30-28(29(34-36)33-22-15-17-35(20-22)31(37)38)27(14-16-32-30)41-26-9-5-8-25(18-26)40-24-6-3-2-4-7-24/h2-14,16,18,22H,15,17,19-20H2,1H3,(H,33,34)(H,37,38). The van der Waals surface area contributed by atoms with Gasteiger partial charge in [-0.15, -0.1) is 0 Å². The Morgan fingerprint density at radius 3 is 2.44 bits per heavy atom. The Morgan fingerprint density at radius 2 is 1.71 bits per heavy atom. The van der Waals surface area contributed by atoms with Gasteiger partial charge in [-0.2, -0.15) is 5.10 Å². The predicted octanol–water partition coefficient (Wildman–Crippen LogP) is 6.24. The van der Waals surface area contributed by atoms with Gasteiger partial charge >= 0.3 is 6.09 Å². The highest BCUT2D eigenvalue weighted by Gasteiger charge is 2.28. The Labute approximate surface area is 236 Å². The number of pyridine rings is 1. The molecule has 1 amide bonds. The van der Waals surface area contributed by atoms with Crippen molar-refractivity contribution in [2.75, 3.05) is 25.5 Å². The fraction of sp³-hybridized carbons (Fsp3) is 0.194. The molecule has 1 aliphatic heterocycles. The fourth-order valence-electron chi connectivity index (χ4n) is 4.87.